The summed E-state index contributed by atoms with van der Waals surface area (Å²) < 4.78 is 12.6. The zero-order valence-electron chi connectivity index (χ0n) is 14.3. The average molecular weight is 348 g/mol. The van der Waals surface area contributed by atoms with E-state index in [4.69, 9.17) is 9.15 Å². The maximum absolute atomic E-state index is 11.9. The lowest BCUT2D eigenvalue weighted by Crippen LogP contribution is -2.06. The quantitative estimate of drug-likeness (QED) is 0.525. The Kier molecular flexibility index (Phi) is 3.96. The van der Waals surface area contributed by atoms with E-state index in [9.17, 15) is 4.79 Å². The predicted molar refractivity (Wildman–Crippen MR) is 95.4 cm³/mol. The molecule has 0 aliphatic rings. The second kappa shape index (κ2) is 6.44. The molecule has 0 radical (unpaired) electrons. The van der Waals surface area contributed by atoms with Gasteiger partial charge in [0.2, 0.25) is 5.89 Å². The summed E-state index contributed by atoms with van der Waals surface area (Å²) in [5.41, 5.74) is 4.28. The highest BCUT2D eigenvalue weighted by Crippen LogP contribution is 2.28. The first-order chi connectivity index (χ1) is 12.7. The van der Waals surface area contributed by atoms with E-state index in [2.05, 4.69) is 15.1 Å². The lowest BCUT2D eigenvalue weighted by atomic mass is 10.1. The third-order valence-corrected chi connectivity index (χ3v) is 4.00. The van der Waals surface area contributed by atoms with Gasteiger partial charge < -0.3 is 9.15 Å². The van der Waals surface area contributed by atoms with Gasteiger partial charge >= 0.3 is 5.97 Å². The van der Waals surface area contributed by atoms with E-state index >= 15 is 0 Å². The minimum atomic E-state index is -0.469. The molecule has 0 aliphatic carbocycles. The molecule has 0 bridgehead atoms. The van der Waals surface area contributed by atoms with Gasteiger partial charge in [-0.1, -0.05) is 0 Å². The highest BCUT2D eigenvalue weighted by atomic mass is 16.5. The second-order valence-electron chi connectivity index (χ2n) is 5.69. The molecule has 0 fully saturated rings. The predicted octanol–water partition coefficient (Wildman–Crippen LogP) is 3.47. The van der Waals surface area contributed by atoms with Crippen molar-refractivity contribution >= 4 is 17.1 Å². The monoisotopic (exact) mass is 348 g/mol. The van der Waals surface area contributed by atoms with E-state index in [1.54, 1.807) is 29.9 Å². The van der Waals surface area contributed by atoms with Gasteiger partial charge in [0.15, 0.2) is 5.58 Å². The molecule has 1 aromatic carbocycles. The van der Waals surface area contributed by atoms with Gasteiger partial charge in [-0.05, 0) is 43.3 Å². The van der Waals surface area contributed by atoms with Crippen molar-refractivity contribution in [2.75, 3.05) is 6.61 Å². The number of rotatable bonds is 4. The van der Waals surface area contributed by atoms with Gasteiger partial charge in [0, 0.05) is 30.6 Å². The largest absolute Gasteiger partial charge is 0.461 e. The molecule has 130 valence electrons. The van der Waals surface area contributed by atoms with Crippen LogP contribution in [0, 0.1) is 0 Å². The van der Waals surface area contributed by atoms with Gasteiger partial charge in [0.25, 0.3) is 0 Å². The Bertz CT molecular complexity index is 1100. The van der Waals surface area contributed by atoms with Gasteiger partial charge in [-0.2, -0.15) is 5.10 Å². The summed E-state index contributed by atoms with van der Waals surface area (Å²) in [7, 11) is 1.89. The number of aromatic nitrogens is 4. The Hall–Kier alpha value is -3.48. The number of carbonyl (C=O) groups excluding carboxylic acids is 1. The van der Waals surface area contributed by atoms with Crippen molar-refractivity contribution in [1.29, 1.82) is 0 Å². The summed E-state index contributed by atoms with van der Waals surface area (Å²) >= 11 is 0. The SMILES string of the molecule is CCOC(=O)c1cc(-c2nc3cc(-c4ccnn4C)ccc3o2)ccn1. The number of oxazole rings is 1. The van der Waals surface area contributed by atoms with Crippen LogP contribution >= 0.6 is 0 Å². The minimum absolute atomic E-state index is 0.224. The van der Waals surface area contributed by atoms with Crippen LogP contribution in [0.2, 0.25) is 0 Å². The molecule has 0 amide bonds. The molecule has 26 heavy (non-hydrogen) atoms. The summed E-state index contributed by atoms with van der Waals surface area (Å²) in [4.78, 5) is 20.5. The fraction of sp³-hybridized carbons (Fsp3) is 0.158. The molecule has 7 nitrogen and oxygen atoms in total. The zero-order chi connectivity index (χ0) is 18.1. The van der Waals surface area contributed by atoms with Crippen molar-refractivity contribution in [2.45, 2.75) is 6.92 Å². The molecule has 0 saturated carbocycles. The Morgan fingerprint density at radius 3 is 2.81 bits per heavy atom. The Balaban J connectivity index is 1.73. The zero-order valence-corrected chi connectivity index (χ0v) is 14.3. The number of hydrogen-bond donors (Lipinski definition) is 0. The summed E-state index contributed by atoms with van der Waals surface area (Å²) in [6.07, 6.45) is 3.29. The first-order valence-electron chi connectivity index (χ1n) is 8.18. The fourth-order valence-electron chi connectivity index (χ4n) is 2.75. The number of nitrogens with zero attached hydrogens (tertiary/aromatic N) is 4. The van der Waals surface area contributed by atoms with E-state index < -0.39 is 5.97 Å². The number of esters is 1. The maximum atomic E-state index is 11.9. The van der Waals surface area contributed by atoms with Crippen LogP contribution in [-0.4, -0.2) is 32.3 Å². The molecule has 4 aromatic rings. The van der Waals surface area contributed by atoms with Crippen molar-refractivity contribution in [3.05, 3.63) is 54.5 Å². The standard InChI is InChI=1S/C19H16N4O3/c1-3-25-19(24)15-11-13(6-8-20-15)18-22-14-10-12(4-5-17(14)26-18)16-7-9-21-23(16)2/h4-11H,3H2,1-2H3. The molecule has 0 atom stereocenters. The van der Waals surface area contributed by atoms with Gasteiger partial charge in [-0.3, -0.25) is 4.68 Å². The number of hydrogen-bond acceptors (Lipinski definition) is 6. The minimum Gasteiger partial charge on any atom is -0.461 e. The third kappa shape index (κ3) is 2.83. The van der Waals surface area contributed by atoms with E-state index in [0.29, 0.717) is 23.6 Å². The summed E-state index contributed by atoms with van der Waals surface area (Å²) in [5, 5.41) is 4.19. The number of fused-ring (bicyclic) bond motifs is 1. The van der Waals surface area contributed by atoms with Gasteiger partial charge in [-0.25, -0.2) is 14.8 Å². The first-order valence-corrected chi connectivity index (χ1v) is 8.18. The van der Waals surface area contributed by atoms with Crippen LogP contribution in [-0.2, 0) is 11.8 Å². The molecule has 7 heteroatoms. The molecular weight excluding hydrogens is 332 g/mol. The Morgan fingerprint density at radius 2 is 2.04 bits per heavy atom. The number of ether oxygens (including phenoxy) is 1. The summed E-state index contributed by atoms with van der Waals surface area (Å²) in [6, 6.07) is 11.1. The fourth-order valence-corrected chi connectivity index (χ4v) is 2.75. The van der Waals surface area contributed by atoms with Crippen molar-refractivity contribution < 1.29 is 13.9 Å². The summed E-state index contributed by atoms with van der Waals surface area (Å²) in [6.45, 7) is 2.05. The second-order valence-corrected chi connectivity index (χ2v) is 5.69. The Morgan fingerprint density at radius 1 is 1.15 bits per heavy atom. The van der Waals surface area contributed by atoms with Crippen LogP contribution < -0.4 is 0 Å². The Labute approximate surface area is 149 Å². The first kappa shape index (κ1) is 16.0. The number of benzene rings is 1. The van der Waals surface area contributed by atoms with Gasteiger partial charge in [0.05, 0.1) is 12.3 Å². The molecule has 4 rings (SSSR count). The molecule has 0 saturated heterocycles. The van der Waals surface area contributed by atoms with E-state index in [1.165, 1.54) is 6.20 Å². The normalized spacial score (nSPS) is 11.0. The van der Waals surface area contributed by atoms with E-state index in [-0.39, 0.29) is 5.69 Å². The third-order valence-electron chi connectivity index (χ3n) is 4.00. The molecule has 3 aromatic heterocycles. The van der Waals surface area contributed by atoms with E-state index in [1.807, 2.05) is 31.3 Å². The van der Waals surface area contributed by atoms with Gasteiger partial charge in [0.1, 0.15) is 11.2 Å². The van der Waals surface area contributed by atoms with Crippen LogP contribution in [0.15, 0.2) is 53.2 Å². The van der Waals surface area contributed by atoms with Crippen molar-refractivity contribution in [3.8, 4) is 22.7 Å². The molecular formula is C19H16N4O3. The van der Waals surface area contributed by atoms with E-state index in [0.717, 1.165) is 16.8 Å². The highest BCUT2D eigenvalue weighted by molar-refractivity contribution is 5.89. The lowest BCUT2D eigenvalue weighted by Gasteiger charge is -2.01. The number of aryl methyl sites for hydroxylation is 1. The molecule has 0 unspecified atom stereocenters. The topological polar surface area (TPSA) is 83.0 Å². The molecule has 0 aliphatic heterocycles. The van der Waals surface area contributed by atoms with Crippen LogP contribution in [0.5, 0.6) is 0 Å². The lowest BCUT2D eigenvalue weighted by molar-refractivity contribution is 0.0519. The van der Waals surface area contributed by atoms with Crippen LogP contribution in [0.4, 0.5) is 0 Å². The molecule has 0 N–H and O–H groups in total. The molecule has 0 spiro atoms. The average Bonchev–Trinajstić information content (AvgIpc) is 3.27. The van der Waals surface area contributed by atoms with Crippen LogP contribution in [0.3, 0.4) is 0 Å². The number of pyridine rings is 1. The summed E-state index contributed by atoms with van der Waals surface area (Å²) in [5.74, 6) is -0.0425. The van der Waals surface area contributed by atoms with Crippen LogP contribution in [0.25, 0.3) is 33.8 Å². The number of carbonyl (C=O) groups is 1. The van der Waals surface area contributed by atoms with Crippen LogP contribution in [0.1, 0.15) is 17.4 Å². The van der Waals surface area contributed by atoms with Gasteiger partial charge in [-0.15, -0.1) is 0 Å². The molecule has 3 heterocycles. The maximum Gasteiger partial charge on any atom is 0.356 e. The smallest absolute Gasteiger partial charge is 0.356 e. The van der Waals surface area contributed by atoms with Crippen molar-refractivity contribution in [1.82, 2.24) is 19.7 Å². The van der Waals surface area contributed by atoms with Crippen molar-refractivity contribution in [2.24, 2.45) is 7.05 Å². The highest BCUT2D eigenvalue weighted by Gasteiger charge is 2.14. The van der Waals surface area contributed by atoms with Crippen molar-refractivity contribution in [3.63, 3.8) is 0 Å².